The molecular weight excluding hydrogens is 370 g/mol. The van der Waals surface area contributed by atoms with E-state index in [1.165, 1.54) is 0 Å². The molecule has 1 aromatic carbocycles. The summed E-state index contributed by atoms with van der Waals surface area (Å²) in [5.41, 5.74) is 8.65. The molecular formula is C22H31N3O4. The lowest BCUT2D eigenvalue weighted by atomic mass is 9.93. The van der Waals surface area contributed by atoms with Gasteiger partial charge < -0.3 is 25.3 Å². The van der Waals surface area contributed by atoms with Gasteiger partial charge in [0.2, 0.25) is 5.91 Å². The molecule has 0 unspecified atom stereocenters. The van der Waals surface area contributed by atoms with Gasteiger partial charge in [0.05, 0.1) is 30.2 Å². The van der Waals surface area contributed by atoms with E-state index in [2.05, 4.69) is 10.3 Å². The zero-order valence-electron chi connectivity index (χ0n) is 17.3. The van der Waals surface area contributed by atoms with Crippen molar-refractivity contribution in [2.24, 2.45) is 0 Å². The zero-order valence-corrected chi connectivity index (χ0v) is 17.3. The highest BCUT2D eigenvalue weighted by Crippen LogP contribution is 2.33. The van der Waals surface area contributed by atoms with Crippen molar-refractivity contribution in [1.29, 1.82) is 0 Å². The summed E-state index contributed by atoms with van der Waals surface area (Å²) >= 11 is 0. The van der Waals surface area contributed by atoms with Gasteiger partial charge in [0.25, 0.3) is 0 Å². The second kappa shape index (κ2) is 10.4. The highest BCUT2D eigenvalue weighted by Gasteiger charge is 2.24. The molecule has 1 saturated carbocycles. The summed E-state index contributed by atoms with van der Waals surface area (Å²) in [6.07, 6.45) is 3.63. The number of nitrogen functional groups attached to an aromatic ring is 1. The van der Waals surface area contributed by atoms with E-state index in [9.17, 15) is 4.79 Å². The maximum atomic E-state index is 12.0. The lowest BCUT2D eigenvalue weighted by Gasteiger charge is -2.30. The van der Waals surface area contributed by atoms with Gasteiger partial charge in [-0.2, -0.15) is 0 Å². The molecule has 1 amide bonds. The summed E-state index contributed by atoms with van der Waals surface area (Å²) in [7, 11) is 0. The Kier molecular flexibility index (Phi) is 7.66. The number of aromatic nitrogens is 1. The first-order valence-corrected chi connectivity index (χ1v) is 10.3. The second-order valence-corrected chi connectivity index (χ2v) is 7.41. The van der Waals surface area contributed by atoms with Gasteiger partial charge >= 0.3 is 0 Å². The number of nitrogens with two attached hydrogens (primary N) is 1. The van der Waals surface area contributed by atoms with Crippen molar-refractivity contribution in [3.05, 3.63) is 30.0 Å². The molecule has 1 fully saturated rings. The standard InChI is InChI=1S/C22H31N3O4/c1-3-27-11-12-28-14-21(26)25-16-7-9-17(10-8-16)29-20-6-4-5-19-22(20)18(23)13-15(2)24-19/h4-6,13,16-17H,3,7-12,14H2,1-2H3,(H2,23,24)(H,25,26). The van der Waals surface area contributed by atoms with Crippen LogP contribution in [-0.4, -0.2) is 49.5 Å². The molecule has 0 saturated heterocycles. The number of fused-ring (bicyclic) bond motifs is 1. The van der Waals surface area contributed by atoms with Crippen LogP contribution in [0.3, 0.4) is 0 Å². The number of carbonyl (C=O) groups excluding carboxylic acids is 1. The Bertz CT molecular complexity index is 819. The number of amides is 1. The van der Waals surface area contributed by atoms with Crippen LogP contribution in [0.4, 0.5) is 5.69 Å². The SMILES string of the molecule is CCOCCOCC(=O)NC1CCC(Oc2cccc3nc(C)cc(N)c23)CC1. The van der Waals surface area contributed by atoms with Crippen LogP contribution in [0.1, 0.15) is 38.3 Å². The largest absolute Gasteiger partial charge is 0.490 e. The van der Waals surface area contributed by atoms with Crippen molar-refractivity contribution in [3.63, 3.8) is 0 Å². The topological polar surface area (TPSA) is 95.7 Å². The quantitative estimate of drug-likeness (QED) is 0.627. The van der Waals surface area contributed by atoms with Gasteiger partial charge in [-0.3, -0.25) is 9.78 Å². The monoisotopic (exact) mass is 401 g/mol. The number of rotatable bonds is 9. The minimum atomic E-state index is -0.0749. The molecule has 158 valence electrons. The first-order valence-electron chi connectivity index (χ1n) is 10.3. The number of carbonyl (C=O) groups is 1. The first kappa shape index (κ1) is 21.3. The number of anilines is 1. The molecule has 2 aromatic rings. The summed E-state index contributed by atoms with van der Waals surface area (Å²) < 4.78 is 16.8. The van der Waals surface area contributed by atoms with Crippen LogP contribution in [0.5, 0.6) is 5.75 Å². The van der Waals surface area contributed by atoms with Crippen LogP contribution in [0.15, 0.2) is 24.3 Å². The number of aryl methyl sites for hydroxylation is 1. The fraction of sp³-hybridized carbons (Fsp3) is 0.545. The molecule has 0 atom stereocenters. The molecule has 0 bridgehead atoms. The third-order valence-electron chi connectivity index (χ3n) is 5.10. The molecule has 3 N–H and O–H groups in total. The smallest absolute Gasteiger partial charge is 0.246 e. The van der Waals surface area contributed by atoms with E-state index in [0.29, 0.717) is 25.5 Å². The van der Waals surface area contributed by atoms with Gasteiger partial charge in [0.15, 0.2) is 0 Å². The molecule has 29 heavy (non-hydrogen) atoms. The van der Waals surface area contributed by atoms with E-state index in [4.69, 9.17) is 19.9 Å². The molecule has 0 radical (unpaired) electrons. The van der Waals surface area contributed by atoms with Crippen molar-refractivity contribution in [1.82, 2.24) is 10.3 Å². The van der Waals surface area contributed by atoms with Gasteiger partial charge in [0.1, 0.15) is 12.4 Å². The summed E-state index contributed by atoms with van der Waals surface area (Å²) in [6, 6.07) is 7.89. The Balaban J connectivity index is 1.47. The normalized spacial score (nSPS) is 19.2. The molecule has 3 rings (SSSR count). The molecule has 7 heteroatoms. The number of pyridine rings is 1. The van der Waals surface area contributed by atoms with Crippen molar-refractivity contribution < 1.29 is 19.0 Å². The predicted octanol–water partition coefficient (Wildman–Crippen LogP) is 2.98. The maximum Gasteiger partial charge on any atom is 0.246 e. The Hall–Kier alpha value is -2.38. The number of nitrogens with one attached hydrogen (secondary N) is 1. The van der Waals surface area contributed by atoms with Gasteiger partial charge in [-0.25, -0.2) is 0 Å². The Morgan fingerprint density at radius 2 is 1.97 bits per heavy atom. The van der Waals surface area contributed by atoms with Crippen LogP contribution < -0.4 is 15.8 Å². The first-order chi connectivity index (χ1) is 14.1. The van der Waals surface area contributed by atoms with E-state index in [1.807, 2.05) is 38.1 Å². The van der Waals surface area contributed by atoms with Crippen molar-refractivity contribution >= 4 is 22.5 Å². The number of hydrogen-bond acceptors (Lipinski definition) is 6. The Morgan fingerprint density at radius 3 is 2.72 bits per heavy atom. The summed E-state index contributed by atoms with van der Waals surface area (Å²) in [5, 5.41) is 3.92. The fourth-order valence-corrected chi connectivity index (χ4v) is 3.72. The highest BCUT2D eigenvalue weighted by atomic mass is 16.5. The van der Waals surface area contributed by atoms with E-state index in [1.54, 1.807) is 0 Å². The summed E-state index contributed by atoms with van der Waals surface area (Å²) in [5.74, 6) is 0.705. The molecule has 1 heterocycles. The average Bonchev–Trinajstić information content (AvgIpc) is 2.69. The third kappa shape index (κ3) is 6.05. The highest BCUT2D eigenvalue weighted by molar-refractivity contribution is 5.95. The van der Waals surface area contributed by atoms with Crippen LogP contribution in [0.2, 0.25) is 0 Å². The second-order valence-electron chi connectivity index (χ2n) is 7.41. The lowest BCUT2D eigenvalue weighted by molar-refractivity contribution is -0.127. The van der Waals surface area contributed by atoms with Gasteiger partial charge in [-0.05, 0) is 57.7 Å². The Labute approximate surface area is 171 Å². The van der Waals surface area contributed by atoms with Crippen LogP contribution >= 0.6 is 0 Å². The number of ether oxygens (including phenoxy) is 3. The van der Waals surface area contributed by atoms with Crippen LogP contribution in [-0.2, 0) is 14.3 Å². The van der Waals surface area contributed by atoms with Gasteiger partial charge in [-0.1, -0.05) is 6.07 Å². The van der Waals surface area contributed by atoms with Crippen molar-refractivity contribution in [3.8, 4) is 5.75 Å². The van der Waals surface area contributed by atoms with Gasteiger partial charge in [-0.15, -0.1) is 0 Å². The van der Waals surface area contributed by atoms with E-state index < -0.39 is 0 Å². The van der Waals surface area contributed by atoms with E-state index in [0.717, 1.165) is 48.0 Å². The van der Waals surface area contributed by atoms with Crippen LogP contribution in [0.25, 0.3) is 10.9 Å². The lowest BCUT2D eigenvalue weighted by Crippen LogP contribution is -2.41. The Morgan fingerprint density at radius 1 is 1.21 bits per heavy atom. The fourth-order valence-electron chi connectivity index (χ4n) is 3.72. The number of benzene rings is 1. The number of hydrogen-bond donors (Lipinski definition) is 2. The molecule has 1 aliphatic rings. The molecule has 7 nitrogen and oxygen atoms in total. The third-order valence-corrected chi connectivity index (χ3v) is 5.10. The predicted molar refractivity (Wildman–Crippen MR) is 113 cm³/mol. The molecule has 0 spiro atoms. The zero-order chi connectivity index (χ0) is 20.6. The van der Waals surface area contributed by atoms with Crippen molar-refractivity contribution in [2.75, 3.05) is 32.2 Å². The minimum Gasteiger partial charge on any atom is -0.490 e. The molecule has 1 aromatic heterocycles. The number of nitrogens with zero attached hydrogens (tertiary/aromatic N) is 1. The minimum absolute atomic E-state index is 0.0746. The maximum absolute atomic E-state index is 12.0. The summed E-state index contributed by atoms with van der Waals surface area (Å²) in [6.45, 7) is 5.54. The molecule has 0 aliphatic heterocycles. The van der Waals surface area contributed by atoms with E-state index >= 15 is 0 Å². The van der Waals surface area contributed by atoms with Gasteiger partial charge in [0, 0.05) is 24.0 Å². The van der Waals surface area contributed by atoms with Crippen molar-refractivity contribution in [2.45, 2.75) is 51.7 Å². The summed E-state index contributed by atoms with van der Waals surface area (Å²) in [4.78, 5) is 16.5. The van der Waals surface area contributed by atoms with E-state index in [-0.39, 0.29) is 24.7 Å². The molecule has 1 aliphatic carbocycles. The average molecular weight is 402 g/mol. The van der Waals surface area contributed by atoms with Crippen LogP contribution in [0, 0.1) is 6.92 Å².